The van der Waals surface area contributed by atoms with E-state index in [-0.39, 0.29) is 0 Å². The Labute approximate surface area is 126 Å². The van der Waals surface area contributed by atoms with Crippen LogP contribution in [-0.2, 0) is 12.8 Å². The Morgan fingerprint density at radius 1 is 1.11 bits per heavy atom. The fourth-order valence-corrected chi connectivity index (χ4v) is 5.32. The van der Waals surface area contributed by atoms with Crippen molar-refractivity contribution in [1.82, 2.24) is 0 Å². The quantitative estimate of drug-likeness (QED) is 0.601. The molecule has 0 bridgehead atoms. The SMILES string of the molecule is CC1(C)CCCC1C(Br)c1ccc2c(c1)CCCC2. The van der Waals surface area contributed by atoms with Crippen LogP contribution in [0, 0.1) is 11.3 Å². The molecule has 2 unspecified atom stereocenters. The molecule has 1 fully saturated rings. The first-order chi connectivity index (χ1) is 9.08. The number of halogens is 1. The van der Waals surface area contributed by atoms with Gasteiger partial charge in [0.25, 0.3) is 0 Å². The molecule has 0 spiro atoms. The van der Waals surface area contributed by atoms with Gasteiger partial charge in [-0.15, -0.1) is 0 Å². The Kier molecular flexibility index (Phi) is 3.77. The van der Waals surface area contributed by atoms with E-state index in [1.165, 1.54) is 50.5 Å². The maximum atomic E-state index is 4.02. The molecule has 0 N–H and O–H groups in total. The highest BCUT2D eigenvalue weighted by Crippen LogP contribution is 2.52. The fraction of sp³-hybridized carbons (Fsp3) is 0.667. The first-order valence-electron chi connectivity index (χ1n) is 7.84. The predicted molar refractivity (Wildman–Crippen MR) is 85.9 cm³/mol. The minimum absolute atomic E-state index is 0.490. The summed E-state index contributed by atoms with van der Waals surface area (Å²) in [5.74, 6) is 0.786. The number of fused-ring (bicyclic) bond motifs is 1. The summed E-state index contributed by atoms with van der Waals surface area (Å²) in [6.07, 6.45) is 9.47. The van der Waals surface area contributed by atoms with Gasteiger partial charge in [0.05, 0.1) is 0 Å². The highest BCUT2D eigenvalue weighted by Gasteiger charge is 2.39. The minimum atomic E-state index is 0.490. The predicted octanol–water partition coefficient (Wildman–Crippen LogP) is 5.83. The lowest BCUT2D eigenvalue weighted by molar-refractivity contribution is 0.257. The molecule has 0 nitrogen and oxygen atoms in total. The number of alkyl halides is 1. The summed E-state index contributed by atoms with van der Waals surface area (Å²) in [5.41, 5.74) is 5.22. The summed E-state index contributed by atoms with van der Waals surface area (Å²) < 4.78 is 0. The molecule has 0 aromatic heterocycles. The maximum absolute atomic E-state index is 4.02. The summed E-state index contributed by atoms with van der Waals surface area (Å²) in [6, 6.07) is 7.25. The number of hydrogen-bond donors (Lipinski definition) is 0. The molecule has 0 heterocycles. The van der Waals surface area contributed by atoms with Crippen molar-refractivity contribution in [3.05, 3.63) is 34.9 Å². The first kappa shape index (κ1) is 13.7. The second kappa shape index (κ2) is 5.24. The molecular weight excluding hydrogens is 296 g/mol. The van der Waals surface area contributed by atoms with Crippen molar-refractivity contribution >= 4 is 15.9 Å². The molecule has 0 aliphatic heterocycles. The lowest BCUT2D eigenvalue weighted by Gasteiger charge is -2.32. The second-order valence-electron chi connectivity index (χ2n) is 7.12. The van der Waals surface area contributed by atoms with E-state index in [0.717, 1.165) is 5.92 Å². The first-order valence-corrected chi connectivity index (χ1v) is 8.75. The van der Waals surface area contributed by atoms with Gasteiger partial charge in [-0.3, -0.25) is 0 Å². The lowest BCUT2D eigenvalue weighted by Crippen LogP contribution is -2.21. The average molecular weight is 321 g/mol. The Hall–Kier alpha value is -0.300. The van der Waals surface area contributed by atoms with E-state index >= 15 is 0 Å². The van der Waals surface area contributed by atoms with Crippen LogP contribution in [0.3, 0.4) is 0 Å². The summed E-state index contributed by atoms with van der Waals surface area (Å²) in [6.45, 7) is 4.88. The molecule has 0 saturated heterocycles. The third-order valence-corrected chi connectivity index (χ3v) is 6.55. The summed E-state index contributed by atoms with van der Waals surface area (Å²) in [7, 11) is 0. The van der Waals surface area contributed by atoms with Gasteiger partial charge >= 0.3 is 0 Å². The van der Waals surface area contributed by atoms with Crippen molar-refractivity contribution in [1.29, 1.82) is 0 Å². The summed E-state index contributed by atoms with van der Waals surface area (Å²) in [5, 5.41) is 0. The summed E-state index contributed by atoms with van der Waals surface area (Å²) >= 11 is 4.02. The van der Waals surface area contributed by atoms with E-state index in [9.17, 15) is 0 Å². The molecule has 2 aliphatic carbocycles. The van der Waals surface area contributed by atoms with Gasteiger partial charge in [0.1, 0.15) is 0 Å². The Morgan fingerprint density at radius 3 is 2.53 bits per heavy atom. The van der Waals surface area contributed by atoms with Crippen LogP contribution in [0.2, 0.25) is 0 Å². The van der Waals surface area contributed by atoms with Crippen molar-refractivity contribution in [3.8, 4) is 0 Å². The zero-order valence-electron chi connectivity index (χ0n) is 12.2. The van der Waals surface area contributed by atoms with Gasteiger partial charge in [0.2, 0.25) is 0 Å². The maximum Gasteiger partial charge on any atom is 0.0428 e. The van der Waals surface area contributed by atoms with Crippen molar-refractivity contribution < 1.29 is 0 Å². The van der Waals surface area contributed by atoms with Crippen LogP contribution in [0.25, 0.3) is 0 Å². The van der Waals surface area contributed by atoms with E-state index in [0.29, 0.717) is 10.2 Å². The highest BCUT2D eigenvalue weighted by molar-refractivity contribution is 9.09. The van der Waals surface area contributed by atoms with E-state index in [4.69, 9.17) is 0 Å². The normalized spacial score (nSPS) is 27.0. The zero-order valence-corrected chi connectivity index (χ0v) is 13.8. The molecule has 104 valence electrons. The average Bonchev–Trinajstić information content (AvgIpc) is 2.77. The molecule has 1 saturated carbocycles. The zero-order chi connectivity index (χ0) is 13.5. The molecule has 2 atom stereocenters. The van der Waals surface area contributed by atoms with Crippen LogP contribution < -0.4 is 0 Å². The molecule has 0 amide bonds. The number of aryl methyl sites for hydroxylation is 2. The molecule has 1 aromatic carbocycles. The smallest absolute Gasteiger partial charge is 0.0428 e. The van der Waals surface area contributed by atoms with Gasteiger partial charge in [0, 0.05) is 4.83 Å². The van der Waals surface area contributed by atoms with Gasteiger partial charge in [-0.05, 0) is 66.5 Å². The van der Waals surface area contributed by atoms with Crippen LogP contribution in [0.4, 0.5) is 0 Å². The van der Waals surface area contributed by atoms with Gasteiger partial charge in [0.15, 0.2) is 0 Å². The lowest BCUT2D eigenvalue weighted by atomic mass is 9.78. The van der Waals surface area contributed by atoms with Crippen LogP contribution in [0.1, 0.15) is 67.5 Å². The monoisotopic (exact) mass is 320 g/mol. The third-order valence-electron chi connectivity index (χ3n) is 5.38. The van der Waals surface area contributed by atoms with E-state index < -0.39 is 0 Å². The van der Waals surface area contributed by atoms with Crippen LogP contribution in [0.5, 0.6) is 0 Å². The van der Waals surface area contributed by atoms with Crippen LogP contribution >= 0.6 is 15.9 Å². The van der Waals surface area contributed by atoms with Crippen molar-refractivity contribution in [2.24, 2.45) is 11.3 Å². The molecule has 1 aromatic rings. The van der Waals surface area contributed by atoms with Crippen molar-refractivity contribution in [2.45, 2.75) is 63.6 Å². The fourth-order valence-electron chi connectivity index (χ4n) is 4.05. The van der Waals surface area contributed by atoms with Gasteiger partial charge in [-0.25, -0.2) is 0 Å². The second-order valence-corrected chi connectivity index (χ2v) is 8.11. The van der Waals surface area contributed by atoms with E-state index in [1.807, 2.05) is 0 Å². The van der Waals surface area contributed by atoms with Gasteiger partial charge in [-0.2, -0.15) is 0 Å². The van der Waals surface area contributed by atoms with E-state index in [1.54, 1.807) is 11.1 Å². The minimum Gasteiger partial charge on any atom is -0.0836 e. The molecule has 0 radical (unpaired) electrons. The molecule has 2 aliphatic rings. The van der Waals surface area contributed by atoms with Crippen molar-refractivity contribution in [3.63, 3.8) is 0 Å². The number of hydrogen-bond acceptors (Lipinski definition) is 0. The number of rotatable bonds is 2. The Morgan fingerprint density at radius 2 is 1.84 bits per heavy atom. The molecular formula is C18H25Br. The van der Waals surface area contributed by atoms with E-state index in [2.05, 4.69) is 48.0 Å². The van der Waals surface area contributed by atoms with Gasteiger partial charge in [-0.1, -0.05) is 54.4 Å². The summed E-state index contributed by atoms with van der Waals surface area (Å²) in [4.78, 5) is 0.539. The Bertz CT molecular complexity index is 461. The highest BCUT2D eigenvalue weighted by atomic mass is 79.9. The van der Waals surface area contributed by atoms with Crippen LogP contribution in [-0.4, -0.2) is 0 Å². The number of benzene rings is 1. The molecule has 1 heteroatoms. The molecule has 3 rings (SSSR count). The third kappa shape index (κ3) is 2.63. The standard InChI is InChI=1S/C18H25Br/c1-18(2)11-5-8-16(18)17(19)15-10-9-13-6-3-4-7-14(13)12-15/h9-10,12,16-17H,3-8,11H2,1-2H3. The largest absolute Gasteiger partial charge is 0.0836 e. The Balaban J connectivity index is 1.85. The molecule has 19 heavy (non-hydrogen) atoms. The van der Waals surface area contributed by atoms with Gasteiger partial charge < -0.3 is 0 Å². The van der Waals surface area contributed by atoms with Crippen LogP contribution in [0.15, 0.2) is 18.2 Å². The van der Waals surface area contributed by atoms with Crippen molar-refractivity contribution in [2.75, 3.05) is 0 Å². The topological polar surface area (TPSA) is 0 Å².